The van der Waals surface area contributed by atoms with Gasteiger partial charge in [0.05, 0.1) is 18.8 Å². The van der Waals surface area contributed by atoms with Crippen molar-refractivity contribution in [2.45, 2.75) is 25.8 Å². The van der Waals surface area contributed by atoms with Crippen molar-refractivity contribution in [1.82, 2.24) is 25.2 Å². The van der Waals surface area contributed by atoms with E-state index in [0.717, 1.165) is 24.9 Å². The number of nitrogens with zero attached hydrogens (tertiary/aromatic N) is 4. The molecule has 144 valence electrons. The number of hydrogen-bond acceptors (Lipinski definition) is 5. The van der Waals surface area contributed by atoms with Crippen LogP contribution in [-0.4, -0.2) is 65.1 Å². The van der Waals surface area contributed by atoms with E-state index < -0.39 is 0 Å². The minimum atomic E-state index is -0.276. The molecule has 1 aliphatic heterocycles. The zero-order valence-corrected chi connectivity index (χ0v) is 15.7. The van der Waals surface area contributed by atoms with Crippen LogP contribution in [0.1, 0.15) is 45.3 Å². The molecule has 1 aromatic carbocycles. The zero-order valence-electron chi connectivity index (χ0n) is 15.7. The van der Waals surface area contributed by atoms with Crippen LogP contribution in [0.5, 0.6) is 0 Å². The van der Waals surface area contributed by atoms with Gasteiger partial charge in [0, 0.05) is 32.3 Å². The molecule has 0 radical (unpaired) electrons. The molecule has 0 saturated carbocycles. The van der Waals surface area contributed by atoms with E-state index in [-0.39, 0.29) is 23.6 Å². The molecule has 0 bridgehead atoms. The highest BCUT2D eigenvalue weighted by atomic mass is 16.5. The fourth-order valence-electron chi connectivity index (χ4n) is 3.23. The highest BCUT2D eigenvalue weighted by molar-refractivity contribution is 5.94. The second-order valence-electron chi connectivity index (χ2n) is 6.75. The monoisotopic (exact) mass is 371 g/mol. The summed E-state index contributed by atoms with van der Waals surface area (Å²) in [5.74, 6) is -0.247. The second-order valence-corrected chi connectivity index (χ2v) is 6.75. The topological polar surface area (TPSA) is 89.4 Å². The number of likely N-dealkylation sites (tertiary alicyclic amines) is 1. The van der Waals surface area contributed by atoms with Gasteiger partial charge >= 0.3 is 0 Å². The van der Waals surface area contributed by atoms with Gasteiger partial charge in [-0.25, -0.2) is 4.68 Å². The van der Waals surface area contributed by atoms with Crippen molar-refractivity contribution >= 4 is 11.8 Å². The predicted molar refractivity (Wildman–Crippen MR) is 99.6 cm³/mol. The third-order valence-corrected chi connectivity index (χ3v) is 4.66. The Morgan fingerprint density at radius 3 is 3.00 bits per heavy atom. The van der Waals surface area contributed by atoms with Gasteiger partial charge in [0.15, 0.2) is 5.69 Å². The Hall–Kier alpha value is -2.74. The van der Waals surface area contributed by atoms with Gasteiger partial charge in [0.25, 0.3) is 11.8 Å². The number of amides is 2. The maximum atomic E-state index is 12.8. The second kappa shape index (κ2) is 8.77. The van der Waals surface area contributed by atoms with Crippen molar-refractivity contribution in [2.75, 3.05) is 33.4 Å². The standard InChI is InChI=1S/C19H25N5O3/c1-14-5-3-6-15(11-14)19(26)23-9-4-7-16(12-23)24-13-17(21-22-24)18(25)20-8-10-27-2/h3,5-6,11,13,16H,4,7-10,12H2,1-2H3,(H,20,25)/t16-/m0/s1. The van der Waals surface area contributed by atoms with Crippen LogP contribution in [0.2, 0.25) is 0 Å². The molecule has 1 atom stereocenters. The van der Waals surface area contributed by atoms with E-state index in [1.807, 2.05) is 36.1 Å². The molecular formula is C19H25N5O3. The summed E-state index contributed by atoms with van der Waals surface area (Å²) in [6.45, 7) is 4.12. The molecule has 1 aromatic heterocycles. The first-order chi connectivity index (χ1) is 13.1. The van der Waals surface area contributed by atoms with Gasteiger partial charge < -0.3 is 15.0 Å². The van der Waals surface area contributed by atoms with Crippen molar-refractivity contribution in [1.29, 1.82) is 0 Å². The summed E-state index contributed by atoms with van der Waals surface area (Å²) in [6, 6.07) is 7.64. The molecule has 8 heteroatoms. The normalized spacial score (nSPS) is 17.0. The lowest BCUT2D eigenvalue weighted by atomic mass is 10.0. The summed E-state index contributed by atoms with van der Waals surface area (Å²) in [5, 5.41) is 10.8. The van der Waals surface area contributed by atoms with Crippen molar-refractivity contribution < 1.29 is 14.3 Å². The van der Waals surface area contributed by atoms with Crippen LogP contribution in [0.25, 0.3) is 0 Å². The van der Waals surface area contributed by atoms with E-state index in [9.17, 15) is 9.59 Å². The highest BCUT2D eigenvalue weighted by Crippen LogP contribution is 2.22. The highest BCUT2D eigenvalue weighted by Gasteiger charge is 2.27. The third-order valence-electron chi connectivity index (χ3n) is 4.66. The number of benzene rings is 1. The summed E-state index contributed by atoms with van der Waals surface area (Å²) in [6.07, 6.45) is 3.43. The van der Waals surface area contributed by atoms with E-state index in [0.29, 0.717) is 25.3 Å². The van der Waals surface area contributed by atoms with Crippen molar-refractivity contribution in [3.63, 3.8) is 0 Å². The number of nitrogens with one attached hydrogen (secondary N) is 1. The average molecular weight is 371 g/mol. The van der Waals surface area contributed by atoms with Crippen molar-refractivity contribution in [3.05, 3.63) is 47.3 Å². The summed E-state index contributed by atoms with van der Waals surface area (Å²) in [5.41, 5.74) is 2.04. The fourth-order valence-corrected chi connectivity index (χ4v) is 3.23. The first-order valence-corrected chi connectivity index (χ1v) is 9.13. The molecule has 2 heterocycles. The molecule has 0 aliphatic carbocycles. The predicted octanol–water partition coefficient (Wildman–Crippen LogP) is 1.44. The molecule has 27 heavy (non-hydrogen) atoms. The van der Waals surface area contributed by atoms with Crippen LogP contribution in [-0.2, 0) is 4.74 Å². The first-order valence-electron chi connectivity index (χ1n) is 9.13. The molecule has 2 aromatic rings. The van der Waals surface area contributed by atoms with E-state index in [1.165, 1.54) is 0 Å². The maximum absolute atomic E-state index is 12.8. The zero-order chi connectivity index (χ0) is 19.2. The van der Waals surface area contributed by atoms with E-state index in [4.69, 9.17) is 4.74 Å². The smallest absolute Gasteiger partial charge is 0.273 e. The fraction of sp³-hybridized carbons (Fsp3) is 0.474. The van der Waals surface area contributed by atoms with Crippen LogP contribution < -0.4 is 5.32 Å². The van der Waals surface area contributed by atoms with Crippen molar-refractivity contribution in [2.24, 2.45) is 0 Å². The Morgan fingerprint density at radius 2 is 2.22 bits per heavy atom. The molecule has 0 spiro atoms. The molecule has 8 nitrogen and oxygen atoms in total. The van der Waals surface area contributed by atoms with E-state index >= 15 is 0 Å². The lowest BCUT2D eigenvalue weighted by Crippen LogP contribution is -2.40. The van der Waals surface area contributed by atoms with Gasteiger partial charge in [-0.2, -0.15) is 0 Å². The molecule has 1 saturated heterocycles. The van der Waals surface area contributed by atoms with Crippen LogP contribution in [0.15, 0.2) is 30.5 Å². The van der Waals surface area contributed by atoms with Gasteiger partial charge in [-0.05, 0) is 31.9 Å². The molecule has 1 aliphatic rings. The number of rotatable bonds is 6. The van der Waals surface area contributed by atoms with Gasteiger partial charge in [-0.15, -0.1) is 5.10 Å². The Labute approximate surface area is 158 Å². The number of ether oxygens (including phenoxy) is 1. The van der Waals surface area contributed by atoms with Crippen LogP contribution in [0.4, 0.5) is 0 Å². The van der Waals surface area contributed by atoms with Crippen LogP contribution >= 0.6 is 0 Å². The molecule has 0 unspecified atom stereocenters. The quantitative estimate of drug-likeness (QED) is 0.776. The lowest BCUT2D eigenvalue weighted by Gasteiger charge is -2.32. The molecule has 1 N–H and O–H groups in total. The Balaban J connectivity index is 1.64. The van der Waals surface area contributed by atoms with Crippen LogP contribution in [0.3, 0.4) is 0 Å². The summed E-state index contributed by atoms with van der Waals surface area (Å²) >= 11 is 0. The summed E-state index contributed by atoms with van der Waals surface area (Å²) in [4.78, 5) is 26.7. The number of carbonyl (C=O) groups excluding carboxylic acids is 2. The Morgan fingerprint density at radius 1 is 1.37 bits per heavy atom. The maximum Gasteiger partial charge on any atom is 0.273 e. The van der Waals surface area contributed by atoms with E-state index in [2.05, 4.69) is 15.6 Å². The van der Waals surface area contributed by atoms with Crippen molar-refractivity contribution in [3.8, 4) is 0 Å². The largest absolute Gasteiger partial charge is 0.383 e. The van der Waals surface area contributed by atoms with Gasteiger partial charge in [0.1, 0.15) is 0 Å². The summed E-state index contributed by atoms with van der Waals surface area (Å²) in [7, 11) is 1.58. The minimum absolute atomic E-state index is 0.0144. The van der Waals surface area contributed by atoms with Gasteiger partial charge in [-0.3, -0.25) is 9.59 Å². The average Bonchev–Trinajstić information content (AvgIpc) is 3.18. The molecule has 2 amide bonds. The third kappa shape index (κ3) is 4.71. The molecular weight excluding hydrogens is 346 g/mol. The molecule has 1 fully saturated rings. The number of aromatic nitrogens is 3. The van der Waals surface area contributed by atoms with Gasteiger partial charge in [0.2, 0.25) is 0 Å². The Bertz CT molecular complexity index is 804. The number of carbonyl (C=O) groups is 2. The van der Waals surface area contributed by atoms with Gasteiger partial charge in [-0.1, -0.05) is 22.9 Å². The lowest BCUT2D eigenvalue weighted by molar-refractivity contribution is 0.0671. The molecule has 3 rings (SSSR count). The number of aryl methyl sites for hydroxylation is 1. The van der Waals surface area contributed by atoms with E-state index in [1.54, 1.807) is 18.0 Å². The number of methoxy groups -OCH3 is 1. The SMILES string of the molecule is COCCNC(=O)c1cn([C@H]2CCCN(C(=O)c3cccc(C)c3)C2)nn1. The summed E-state index contributed by atoms with van der Waals surface area (Å²) < 4.78 is 6.61. The first kappa shape index (κ1) is 19.0. The van der Waals surface area contributed by atoms with Crippen LogP contribution in [0, 0.1) is 6.92 Å². The number of piperidine rings is 1. The number of hydrogen-bond donors (Lipinski definition) is 1. The Kier molecular flexibility index (Phi) is 6.18. The minimum Gasteiger partial charge on any atom is -0.383 e.